The van der Waals surface area contributed by atoms with Crippen molar-refractivity contribution in [2.45, 2.75) is 0 Å². The van der Waals surface area contributed by atoms with Crippen LogP contribution in [0.2, 0.25) is 0 Å². The van der Waals surface area contributed by atoms with E-state index in [1.54, 1.807) is 43.5 Å². The van der Waals surface area contributed by atoms with Crippen molar-refractivity contribution in [2.24, 2.45) is 0 Å². The fraction of sp³-hybridized carbons (Fsp3) is 0.133. The number of carbonyl (C=O) groups is 2. The van der Waals surface area contributed by atoms with Gasteiger partial charge in [0.05, 0.1) is 24.9 Å². The number of para-hydroxylation sites is 1. The summed E-state index contributed by atoms with van der Waals surface area (Å²) in [4.78, 5) is 34.3. The van der Waals surface area contributed by atoms with Crippen molar-refractivity contribution in [3.8, 4) is 28.7 Å². The van der Waals surface area contributed by atoms with Crippen molar-refractivity contribution < 1.29 is 33.3 Å². The highest BCUT2D eigenvalue weighted by atomic mass is 16.5. The van der Waals surface area contributed by atoms with Gasteiger partial charge in [0, 0.05) is 30.7 Å². The summed E-state index contributed by atoms with van der Waals surface area (Å²) in [5.41, 5.74) is 0.600. The zero-order valence-electron chi connectivity index (χ0n) is 21.7. The third-order valence-corrected chi connectivity index (χ3v) is 5.80. The molecule has 0 spiro atoms. The molecule has 10 nitrogen and oxygen atoms in total. The number of hydrogen-bond acceptors (Lipinski definition) is 10. The molecular weight excluding hydrogens is 514 g/mol. The van der Waals surface area contributed by atoms with Gasteiger partial charge in [-0.15, -0.1) is 0 Å². The van der Waals surface area contributed by atoms with Crippen LogP contribution in [0.1, 0.15) is 0 Å². The Labute approximate surface area is 229 Å². The Balaban J connectivity index is 1.29. The van der Waals surface area contributed by atoms with E-state index < -0.39 is 11.6 Å². The predicted molar refractivity (Wildman–Crippen MR) is 147 cm³/mol. The number of methoxy groups -OCH3 is 2. The SMILES string of the molecule is COCCOc1cc2ncnc(NC3=CC(=O)C(Oc4ccc(Oc5ccccc5)cc4)=CC3=O)c2cc1OC. The summed E-state index contributed by atoms with van der Waals surface area (Å²) >= 11 is 0. The summed E-state index contributed by atoms with van der Waals surface area (Å²) in [6, 6.07) is 19.5. The Morgan fingerprint density at radius 3 is 2.20 bits per heavy atom. The van der Waals surface area contributed by atoms with E-state index in [-0.39, 0.29) is 11.5 Å². The lowest BCUT2D eigenvalue weighted by molar-refractivity contribution is -0.116. The normalized spacial score (nSPS) is 12.9. The van der Waals surface area contributed by atoms with Crippen LogP contribution in [0.15, 0.2) is 96.7 Å². The maximum Gasteiger partial charge on any atom is 0.223 e. The third-order valence-electron chi connectivity index (χ3n) is 5.80. The number of ketones is 2. The average molecular weight is 540 g/mol. The summed E-state index contributed by atoms with van der Waals surface area (Å²) in [5, 5.41) is 3.52. The van der Waals surface area contributed by atoms with Crippen LogP contribution in [0.4, 0.5) is 5.82 Å². The molecule has 10 heteroatoms. The minimum Gasteiger partial charge on any atom is -0.493 e. The maximum atomic E-state index is 12.9. The number of carbonyl (C=O) groups excluding carboxylic acids is 2. The van der Waals surface area contributed by atoms with Crippen LogP contribution in [0.25, 0.3) is 10.9 Å². The molecule has 3 aromatic carbocycles. The molecule has 0 fully saturated rings. The first-order valence-electron chi connectivity index (χ1n) is 12.3. The molecule has 1 aliphatic carbocycles. The first kappa shape index (κ1) is 26.4. The van der Waals surface area contributed by atoms with Crippen molar-refractivity contribution in [1.82, 2.24) is 9.97 Å². The number of allylic oxidation sites excluding steroid dienone is 2. The summed E-state index contributed by atoms with van der Waals surface area (Å²) in [6.07, 6.45) is 3.67. The highest BCUT2D eigenvalue weighted by Gasteiger charge is 2.23. The Morgan fingerprint density at radius 1 is 0.750 bits per heavy atom. The number of benzene rings is 3. The molecule has 0 saturated heterocycles. The second-order valence-electron chi connectivity index (χ2n) is 8.49. The standard InChI is InChI=1S/C30H25N3O7/c1-36-12-13-38-29-16-23-22(14-28(29)37-2)30(32-18-31-23)33-24-15-26(35)27(17-25(24)34)40-21-10-8-20(9-11-21)39-19-6-4-3-5-7-19/h3-11,14-18H,12-13H2,1-2H3,(H,31,32,33). The number of nitrogens with one attached hydrogen (secondary N) is 1. The molecule has 0 unspecified atom stereocenters. The second kappa shape index (κ2) is 12.1. The molecule has 5 rings (SSSR count). The zero-order valence-corrected chi connectivity index (χ0v) is 21.7. The number of aromatic nitrogens is 2. The van der Waals surface area contributed by atoms with Crippen LogP contribution in [0, 0.1) is 0 Å². The number of anilines is 1. The van der Waals surface area contributed by atoms with E-state index in [9.17, 15) is 9.59 Å². The highest BCUT2D eigenvalue weighted by molar-refractivity contribution is 6.20. The van der Waals surface area contributed by atoms with Gasteiger partial charge in [-0.3, -0.25) is 9.59 Å². The molecule has 1 heterocycles. The van der Waals surface area contributed by atoms with Gasteiger partial charge in [-0.05, 0) is 42.5 Å². The minimum absolute atomic E-state index is 0.0448. The van der Waals surface area contributed by atoms with E-state index in [2.05, 4.69) is 15.3 Å². The van der Waals surface area contributed by atoms with Crippen LogP contribution < -0.4 is 24.3 Å². The zero-order chi connectivity index (χ0) is 27.9. The van der Waals surface area contributed by atoms with Gasteiger partial charge in [-0.25, -0.2) is 9.97 Å². The molecule has 0 radical (unpaired) electrons. The molecule has 202 valence electrons. The van der Waals surface area contributed by atoms with Gasteiger partial charge in [-0.2, -0.15) is 0 Å². The van der Waals surface area contributed by atoms with Crippen molar-refractivity contribution in [2.75, 3.05) is 32.8 Å². The summed E-state index contributed by atoms with van der Waals surface area (Å²) in [7, 11) is 3.10. The van der Waals surface area contributed by atoms with Crippen LogP contribution in [-0.2, 0) is 14.3 Å². The van der Waals surface area contributed by atoms with Gasteiger partial charge in [0.1, 0.15) is 36.0 Å². The molecule has 1 aromatic heterocycles. The Kier molecular flexibility index (Phi) is 7.98. The first-order valence-corrected chi connectivity index (χ1v) is 12.3. The molecule has 0 bridgehead atoms. The fourth-order valence-electron chi connectivity index (χ4n) is 3.84. The lowest BCUT2D eigenvalue weighted by atomic mass is 10.1. The monoisotopic (exact) mass is 539 g/mol. The van der Waals surface area contributed by atoms with Gasteiger partial charge in [0.25, 0.3) is 0 Å². The lowest BCUT2D eigenvalue weighted by Gasteiger charge is -2.16. The number of fused-ring (bicyclic) bond motifs is 1. The van der Waals surface area contributed by atoms with Crippen LogP contribution in [0.3, 0.4) is 0 Å². The van der Waals surface area contributed by atoms with Crippen molar-refractivity contribution in [3.63, 3.8) is 0 Å². The topological polar surface area (TPSA) is 118 Å². The Bertz CT molecular complexity index is 1600. The number of hydrogen-bond donors (Lipinski definition) is 1. The molecule has 0 atom stereocenters. The van der Waals surface area contributed by atoms with Crippen LogP contribution in [-0.4, -0.2) is 49.0 Å². The van der Waals surface area contributed by atoms with Crippen molar-refractivity contribution in [1.29, 1.82) is 0 Å². The molecule has 1 N–H and O–H groups in total. The van der Waals surface area contributed by atoms with E-state index in [1.165, 1.54) is 19.5 Å². The van der Waals surface area contributed by atoms with E-state index in [0.29, 0.717) is 58.7 Å². The quantitative estimate of drug-likeness (QED) is 0.209. The second-order valence-corrected chi connectivity index (χ2v) is 8.49. The summed E-state index contributed by atoms with van der Waals surface area (Å²) in [5.74, 6) is 1.94. The largest absolute Gasteiger partial charge is 0.493 e. The molecule has 0 aliphatic heterocycles. The Hall–Kier alpha value is -5.22. The molecule has 0 saturated carbocycles. The van der Waals surface area contributed by atoms with Crippen molar-refractivity contribution >= 4 is 28.3 Å². The maximum absolute atomic E-state index is 12.9. The van der Waals surface area contributed by atoms with Crippen LogP contribution >= 0.6 is 0 Å². The number of rotatable bonds is 11. The third kappa shape index (κ3) is 6.08. The first-order chi connectivity index (χ1) is 19.5. The average Bonchev–Trinajstić information content (AvgIpc) is 2.97. The highest BCUT2D eigenvalue weighted by Crippen LogP contribution is 2.34. The van der Waals surface area contributed by atoms with E-state index in [4.69, 9.17) is 23.7 Å². The van der Waals surface area contributed by atoms with E-state index in [0.717, 1.165) is 6.08 Å². The molecule has 0 amide bonds. The van der Waals surface area contributed by atoms with Gasteiger partial charge in [0.15, 0.2) is 17.3 Å². The van der Waals surface area contributed by atoms with E-state index >= 15 is 0 Å². The lowest BCUT2D eigenvalue weighted by Crippen LogP contribution is -2.21. The van der Waals surface area contributed by atoms with Crippen LogP contribution in [0.5, 0.6) is 28.7 Å². The summed E-state index contributed by atoms with van der Waals surface area (Å²) in [6.45, 7) is 0.746. The summed E-state index contributed by atoms with van der Waals surface area (Å²) < 4.78 is 27.7. The van der Waals surface area contributed by atoms with Gasteiger partial charge in [-0.1, -0.05) is 18.2 Å². The molecule has 4 aromatic rings. The predicted octanol–water partition coefficient (Wildman–Crippen LogP) is 4.87. The van der Waals surface area contributed by atoms with E-state index in [1.807, 2.05) is 30.3 Å². The number of nitrogens with zero attached hydrogens (tertiary/aromatic N) is 2. The molecular formula is C30H25N3O7. The fourth-order valence-corrected chi connectivity index (χ4v) is 3.84. The van der Waals surface area contributed by atoms with Crippen molar-refractivity contribution in [3.05, 3.63) is 96.7 Å². The van der Waals surface area contributed by atoms with Gasteiger partial charge in [0.2, 0.25) is 11.6 Å². The van der Waals surface area contributed by atoms with Gasteiger partial charge >= 0.3 is 0 Å². The van der Waals surface area contributed by atoms with Gasteiger partial charge < -0.3 is 29.0 Å². The Morgan fingerprint density at radius 2 is 1.48 bits per heavy atom. The molecule has 1 aliphatic rings. The molecule has 40 heavy (non-hydrogen) atoms. The smallest absolute Gasteiger partial charge is 0.223 e. The number of ether oxygens (including phenoxy) is 5. The minimum atomic E-state index is -0.475.